The maximum Gasteiger partial charge on any atom is 0.213 e. The number of fused-ring (bicyclic) bond motifs is 1. The first-order valence-corrected chi connectivity index (χ1v) is 5.91. The van der Waals surface area contributed by atoms with Crippen LogP contribution in [0.5, 0.6) is 5.88 Å². The number of hydrogen-bond donors (Lipinski definition) is 2. The molecular formula is C13H16N2O. The highest BCUT2D eigenvalue weighted by Gasteiger charge is 2.18. The van der Waals surface area contributed by atoms with E-state index in [-0.39, 0.29) is 0 Å². The normalized spacial score (nSPS) is 16.9. The summed E-state index contributed by atoms with van der Waals surface area (Å²) in [5, 5.41) is 11.1. The van der Waals surface area contributed by atoms with Gasteiger partial charge in [0.1, 0.15) is 5.69 Å². The summed E-state index contributed by atoms with van der Waals surface area (Å²) < 4.78 is 0. The Morgan fingerprint density at radius 1 is 1.06 bits per heavy atom. The highest BCUT2D eigenvalue weighted by atomic mass is 16.3. The number of hydrogen-bond acceptors (Lipinski definition) is 2. The van der Waals surface area contributed by atoms with Gasteiger partial charge in [-0.3, -0.25) is 0 Å². The van der Waals surface area contributed by atoms with Crippen molar-refractivity contribution in [3.05, 3.63) is 24.3 Å². The van der Waals surface area contributed by atoms with E-state index in [1.165, 1.54) is 19.3 Å². The van der Waals surface area contributed by atoms with E-state index >= 15 is 0 Å². The van der Waals surface area contributed by atoms with Crippen LogP contribution in [0.25, 0.3) is 10.9 Å². The standard InChI is InChI=1S/C13H16N2O/c16-13-12(15-8-4-1-5-9-15)10-6-2-3-7-11(10)14-13/h2-3,6-7,14,16H,1,4-5,8-9H2. The average Bonchev–Trinajstić information content (AvgIpc) is 2.66. The molecule has 2 aromatic rings. The molecule has 16 heavy (non-hydrogen) atoms. The SMILES string of the molecule is Oc1[nH]c2ccccc2c1N1CCCCC1. The molecule has 0 unspecified atom stereocenters. The zero-order valence-corrected chi connectivity index (χ0v) is 9.24. The molecule has 0 bridgehead atoms. The minimum Gasteiger partial charge on any atom is -0.493 e. The van der Waals surface area contributed by atoms with Crippen LogP contribution in [0, 0.1) is 0 Å². The Balaban J connectivity index is 2.10. The summed E-state index contributed by atoms with van der Waals surface area (Å²) in [6.07, 6.45) is 3.75. The van der Waals surface area contributed by atoms with E-state index in [9.17, 15) is 5.11 Å². The molecule has 3 heteroatoms. The van der Waals surface area contributed by atoms with Crippen LogP contribution >= 0.6 is 0 Å². The topological polar surface area (TPSA) is 39.3 Å². The van der Waals surface area contributed by atoms with Crippen LogP contribution in [-0.2, 0) is 0 Å². The lowest BCUT2D eigenvalue weighted by molar-refractivity contribution is 0.454. The third-order valence-electron chi connectivity index (χ3n) is 3.33. The van der Waals surface area contributed by atoms with Crippen LogP contribution < -0.4 is 4.90 Å². The van der Waals surface area contributed by atoms with E-state index in [4.69, 9.17) is 0 Å². The van der Waals surface area contributed by atoms with Gasteiger partial charge in [-0.05, 0) is 25.3 Å². The predicted octanol–water partition coefficient (Wildman–Crippen LogP) is 2.86. The summed E-state index contributed by atoms with van der Waals surface area (Å²) in [7, 11) is 0. The number of H-pyrrole nitrogens is 1. The third-order valence-corrected chi connectivity index (χ3v) is 3.33. The Morgan fingerprint density at radius 3 is 2.62 bits per heavy atom. The molecule has 2 heterocycles. The molecule has 1 aromatic heterocycles. The fourth-order valence-corrected chi connectivity index (χ4v) is 2.55. The van der Waals surface area contributed by atoms with Gasteiger partial charge in [0.05, 0.1) is 5.52 Å². The number of benzene rings is 1. The molecule has 1 saturated heterocycles. The number of para-hydroxylation sites is 1. The van der Waals surface area contributed by atoms with Crippen molar-refractivity contribution in [3.8, 4) is 5.88 Å². The molecule has 1 aliphatic rings. The summed E-state index contributed by atoms with van der Waals surface area (Å²) in [4.78, 5) is 5.33. The van der Waals surface area contributed by atoms with Gasteiger partial charge in [-0.1, -0.05) is 18.2 Å². The van der Waals surface area contributed by atoms with Gasteiger partial charge in [-0.25, -0.2) is 0 Å². The van der Waals surface area contributed by atoms with Gasteiger partial charge in [0.2, 0.25) is 5.88 Å². The summed E-state index contributed by atoms with van der Waals surface area (Å²) in [5.41, 5.74) is 2.00. The van der Waals surface area contributed by atoms with Crippen molar-refractivity contribution >= 4 is 16.6 Å². The van der Waals surface area contributed by atoms with E-state index in [2.05, 4.69) is 16.0 Å². The third kappa shape index (κ3) is 1.43. The minimum absolute atomic E-state index is 0.308. The number of aromatic nitrogens is 1. The lowest BCUT2D eigenvalue weighted by Gasteiger charge is -2.28. The summed E-state index contributed by atoms with van der Waals surface area (Å²) in [5.74, 6) is 0.308. The molecule has 0 radical (unpaired) electrons. The fraction of sp³-hybridized carbons (Fsp3) is 0.385. The molecule has 3 nitrogen and oxygen atoms in total. The van der Waals surface area contributed by atoms with Crippen LogP contribution in [-0.4, -0.2) is 23.2 Å². The maximum atomic E-state index is 9.99. The van der Waals surface area contributed by atoms with Crippen LogP contribution in [0.15, 0.2) is 24.3 Å². The van der Waals surface area contributed by atoms with Crippen molar-refractivity contribution in [3.63, 3.8) is 0 Å². The van der Waals surface area contributed by atoms with E-state index in [1.54, 1.807) is 0 Å². The van der Waals surface area contributed by atoms with Crippen LogP contribution in [0.4, 0.5) is 5.69 Å². The Hall–Kier alpha value is -1.64. The van der Waals surface area contributed by atoms with E-state index in [1.807, 2.05) is 18.2 Å². The maximum absolute atomic E-state index is 9.99. The molecule has 3 rings (SSSR count). The Kier molecular flexibility index (Phi) is 2.24. The summed E-state index contributed by atoms with van der Waals surface area (Å²) in [6.45, 7) is 2.10. The number of aromatic amines is 1. The molecule has 0 spiro atoms. The number of piperidine rings is 1. The summed E-state index contributed by atoms with van der Waals surface area (Å²) in [6, 6.07) is 8.07. The smallest absolute Gasteiger partial charge is 0.213 e. The summed E-state index contributed by atoms with van der Waals surface area (Å²) >= 11 is 0. The first-order valence-electron chi connectivity index (χ1n) is 5.91. The number of nitrogens with one attached hydrogen (secondary N) is 1. The Bertz CT molecular complexity index is 498. The zero-order chi connectivity index (χ0) is 11.0. The molecule has 0 aliphatic carbocycles. The quantitative estimate of drug-likeness (QED) is 0.769. The van der Waals surface area contributed by atoms with Crippen molar-refractivity contribution in [2.75, 3.05) is 18.0 Å². The van der Waals surface area contributed by atoms with Gasteiger partial charge in [0, 0.05) is 18.5 Å². The van der Waals surface area contributed by atoms with Crippen molar-refractivity contribution in [1.82, 2.24) is 4.98 Å². The fourth-order valence-electron chi connectivity index (χ4n) is 2.55. The molecule has 2 N–H and O–H groups in total. The average molecular weight is 216 g/mol. The number of aromatic hydroxyl groups is 1. The number of rotatable bonds is 1. The Labute approximate surface area is 94.7 Å². The molecule has 1 fully saturated rings. The van der Waals surface area contributed by atoms with Crippen molar-refractivity contribution < 1.29 is 5.11 Å². The largest absolute Gasteiger partial charge is 0.493 e. The second-order valence-electron chi connectivity index (χ2n) is 4.42. The van der Waals surface area contributed by atoms with Crippen molar-refractivity contribution in [1.29, 1.82) is 0 Å². The van der Waals surface area contributed by atoms with Gasteiger partial charge in [-0.2, -0.15) is 0 Å². The lowest BCUT2D eigenvalue weighted by Crippen LogP contribution is -2.29. The number of nitrogens with zero attached hydrogens (tertiary/aromatic N) is 1. The molecule has 1 aromatic carbocycles. The molecule has 1 aliphatic heterocycles. The van der Waals surface area contributed by atoms with Gasteiger partial charge < -0.3 is 15.0 Å². The van der Waals surface area contributed by atoms with Crippen LogP contribution in [0.2, 0.25) is 0 Å². The second kappa shape index (κ2) is 3.74. The Morgan fingerprint density at radius 2 is 1.81 bits per heavy atom. The van der Waals surface area contributed by atoms with E-state index < -0.39 is 0 Å². The van der Waals surface area contributed by atoms with Gasteiger partial charge >= 0.3 is 0 Å². The van der Waals surface area contributed by atoms with Gasteiger partial charge in [0.15, 0.2) is 0 Å². The first kappa shape index (κ1) is 9.58. The molecule has 0 atom stereocenters. The van der Waals surface area contributed by atoms with E-state index in [0.29, 0.717) is 5.88 Å². The van der Waals surface area contributed by atoms with E-state index in [0.717, 1.165) is 29.7 Å². The highest BCUT2D eigenvalue weighted by Crippen LogP contribution is 2.36. The molecular weight excluding hydrogens is 200 g/mol. The highest BCUT2D eigenvalue weighted by molar-refractivity contribution is 5.96. The van der Waals surface area contributed by atoms with Crippen LogP contribution in [0.3, 0.4) is 0 Å². The lowest BCUT2D eigenvalue weighted by atomic mass is 10.1. The van der Waals surface area contributed by atoms with Gasteiger partial charge in [-0.15, -0.1) is 0 Å². The zero-order valence-electron chi connectivity index (χ0n) is 9.24. The minimum atomic E-state index is 0.308. The molecule has 0 amide bonds. The first-order chi connectivity index (χ1) is 7.86. The number of anilines is 1. The van der Waals surface area contributed by atoms with Gasteiger partial charge in [0.25, 0.3) is 0 Å². The van der Waals surface area contributed by atoms with Crippen molar-refractivity contribution in [2.45, 2.75) is 19.3 Å². The second-order valence-corrected chi connectivity index (χ2v) is 4.42. The van der Waals surface area contributed by atoms with Crippen LogP contribution in [0.1, 0.15) is 19.3 Å². The predicted molar refractivity (Wildman–Crippen MR) is 66.0 cm³/mol. The monoisotopic (exact) mass is 216 g/mol. The van der Waals surface area contributed by atoms with Crippen molar-refractivity contribution in [2.24, 2.45) is 0 Å². The molecule has 0 saturated carbocycles. The molecule has 84 valence electrons.